The van der Waals surface area contributed by atoms with E-state index in [0.29, 0.717) is 44.0 Å². The maximum Gasteiger partial charge on any atom is 0.318 e. The lowest BCUT2D eigenvalue weighted by molar-refractivity contribution is -0.118. The van der Waals surface area contributed by atoms with Gasteiger partial charge in [0.15, 0.2) is 0 Å². The largest absolute Gasteiger partial charge is 0.361 e. The number of H-pyrrole nitrogens is 1. The van der Waals surface area contributed by atoms with E-state index in [1.165, 1.54) is 12.1 Å². The number of halogens is 1. The predicted octanol–water partition coefficient (Wildman–Crippen LogP) is 6.30. The maximum absolute atomic E-state index is 14.4. The molecule has 3 N–H and O–H groups in total. The fraction of sp³-hybridized carbons (Fsp3) is 0.395. The van der Waals surface area contributed by atoms with Gasteiger partial charge in [-0.05, 0) is 92.7 Å². The first-order valence-corrected chi connectivity index (χ1v) is 16.9. The number of fused-ring (bicyclic) bond motifs is 1. The standard InChI is InChI=1S/C38H45FN6O3/c1-25(32-23-40-33-9-5-4-8-30(32)33)35(42-38(48)45-20-16-28(17-21-45)27-11-13-29(39)14-12-27)36(46)41-34-22-26(24-43(2)3)10-15-31(34)37(47)44-18-6-7-19-44/h4-5,8-15,22-23,25,28,35,40H,6-7,16-21,24H2,1-3H3,(H,41,46)(H,42,48). The van der Waals surface area contributed by atoms with Gasteiger partial charge in [-0.2, -0.15) is 0 Å². The molecular weight excluding hydrogens is 607 g/mol. The van der Waals surface area contributed by atoms with Crippen molar-refractivity contribution >= 4 is 34.4 Å². The summed E-state index contributed by atoms with van der Waals surface area (Å²) in [6.07, 6.45) is 5.31. The highest BCUT2D eigenvalue weighted by molar-refractivity contribution is 6.06. The molecule has 9 nitrogen and oxygen atoms in total. The molecule has 0 saturated carbocycles. The molecule has 48 heavy (non-hydrogen) atoms. The molecule has 1 aromatic heterocycles. The quantitative estimate of drug-likeness (QED) is 0.198. The molecule has 4 amide bonds. The van der Waals surface area contributed by atoms with E-state index >= 15 is 0 Å². The number of carbonyl (C=O) groups excluding carboxylic acids is 3. The zero-order chi connectivity index (χ0) is 33.8. The van der Waals surface area contributed by atoms with E-state index in [2.05, 4.69) is 15.6 Å². The third-order valence-electron chi connectivity index (χ3n) is 9.76. The smallest absolute Gasteiger partial charge is 0.318 e. The molecule has 2 unspecified atom stereocenters. The van der Waals surface area contributed by atoms with Crippen molar-refractivity contribution < 1.29 is 18.8 Å². The first kappa shape index (κ1) is 33.2. The molecule has 3 heterocycles. The van der Waals surface area contributed by atoms with E-state index in [-0.39, 0.29) is 29.6 Å². The number of para-hydroxylation sites is 1. The van der Waals surface area contributed by atoms with Gasteiger partial charge in [0, 0.05) is 55.7 Å². The van der Waals surface area contributed by atoms with Crippen molar-refractivity contribution in [2.75, 3.05) is 45.6 Å². The number of rotatable bonds is 9. The second kappa shape index (κ2) is 14.6. The average molecular weight is 653 g/mol. The minimum Gasteiger partial charge on any atom is -0.361 e. The zero-order valence-corrected chi connectivity index (χ0v) is 28.0. The van der Waals surface area contributed by atoms with Crippen LogP contribution in [-0.4, -0.2) is 83.8 Å². The number of piperidine rings is 1. The number of nitrogens with one attached hydrogen (secondary N) is 3. The fourth-order valence-electron chi connectivity index (χ4n) is 7.09. The number of hydrogen-bond acceptors (Lipinski definition) is 4. The molecule has 252 valence electrons. The molecule has 0 radical (unpaired) electrons. The first-order chi connectivity index (χ1) is 23.2. The van der Waals surface area contributed by atoms with Gasteiger partial charge in [0.1, 0.15) is 11.9 Å². The summed E-state index contributed by atoms with van der Waals surface area (Å²) in [5.41, 5.74) is 4.78. The second-order valence-corrected chi connectivity index (χ2v) is 13.4. The fourth-order valence-corrected chi connectivity index (χ4v) is 7.09. The third kappa shape index (κ3) is 7.39. The molecule has 6 rings (SSSR count). The Kier molecular flexibility index (Phi) is 10.1. The second-order valence-electron chi connectivity index (χ2n) is 13.4. The van der Waals surface area contributed by atoms with Crippen molar-refractivity contribution in [1.82, 2.24) is 25.0 Å². The predicted molar refractivity (Wildman–Crippen MR) is 187 cm³/mol. The molecule has 4 aromatic rings. The molecule has 2 aliphatic heterocycles. The molecule has 2 aliphatic rings. The lowest BCUT2D eigenvalue weighted by Crippen LogP contribution is -2.53. The lowest BCUT2D eigenvalue weighted by atomic mass is 9.89. The summed E-state index contributed by atoms with van der Waals surface area (Å²) in [7, 11) is 3.94. The molecule has 2 saturated heterocycles. The molecule has 10 heteroatoms. The Hall–Kier alpha value is -4.70. The summed E-state index contributed by atoms with van der Waals surface area (Å²) in [5.74, 6) is -0.918. The van der Waals surface area contributed by atoms with Crippen LogP contribution in [0.25, 0.3) is 10.9 Å². The number of urea groups is 1. The summed E-state index contributed by atoms with van der Waals surface area (Å²) in [6, 6.07) is 18.8. The first-order valence-electron chi connectivity index (χ1n) is 16.9. The van der Waals surface area contributed by atoms with E-state index < -0.39 is 12.0 Å². The SMILES string of the molecule is CC(c1c[nH]c2ccccc12)C(NC(=O)N1CCC(c2ccc(F)cc2)CC1)C(=O)Nc1cc(CN(C)C)ccc1C(=O)N1CCCC1. The van der Waals surface area contributed by atoms with Crippen LogP contribution in [0.5, 0.6) is 0 Å². The Morgan fingerprint density at radius 1 is 0.938 bits per heavy atom. The molecule has 3 aromatic carbocycles. The Bertz CT molecular complexity index is 1760. The van der Waals surface area contributed by atoms with Gasteiger partial charge in [-0.3, -0.25) is 9.59 Å². The van der Waals surface area contributed by atoms with Crippen molar-refractivity contribution in [3.63, 3.8) is 0 Å². The highest BCUT2D eigenvalue weighted by Crippen LogP contribution is 2.31. The van der Waals surface area contributed by atoms with Crippen LogP contribution in [0.1, 0.15) is 71.5 Å². The third-order valence-corrected chi connectivity index (χ3v) is 9.76. The summed E-state index contributed by atoms with van der Waals surface area (Å²) in [4.78, 5) is 50.7. The molecule has 0 aliphatic carbocycles. The highest BCUT2D eigenvalue weighted by atomic mass is 19.1. The molecular formula is C38H45FN6O3. The Balaban J connectivity index is 1.26. The van der Waals surface area contributed by atoms with Crippen molar-refractivity contribution in [3.05, 3.63) is 101 Å². The topological polar surface area (TPSA) is 101 Å². The maximum atomic E-state index is 14.4. The van der Waals surface area contributed by atoms with E-state index in [9.17, 15) is 18.8 Å². The zero-order valence-electron chi connectivity index (χ0n) is 28.0. The van der Waals surface area contributed by atoms with Crippen LogP contribution in [0.4, 0.5) is 14.9 Å². The average Bonchev–Trinajstić information content (AvgIpc) is 3.78. The number of likely N-dealkylation sites (tertiary alicyclic amines) is 2. The van der Waals surface area contributed by atoms with Crippen LogP contribution < -0.4 is 10.6 Å². The highest BCUT2D eigenvalue weighted by Gasteiger charge is 2.33. The number of nitrogens with zero attached hydrogens (tertiary/aromatic N) is 3. The van der Waals surface area contributed by atoms with Crippen molar-refractivity contribution in [2.24, 2.45) is 0 Å². The van der Waals surface area contributed by atoms with Gasteiger partial charge in [0.2, 0.25) is 5.91 Å². The van der Waals surface area contributed by atoms with Crippen molar-refractivity contribution in [2.45, 2.75) is 57.0 Å². The lowest BCUT2D eigenvalue weighted by Gasteiger charge is -2.34. The van der Waals surface area contributed by atoms with Gasteiger partial charge in [-0.15, -0.1) is 0 Å². The molecule has 2 atom stereocenters. The van der Waals surface area contributed by atoms with E-state index in [1.54, 1.807) is 11.0 Å². The summed E-state index contributed by atoms with van der Waals surface area (Å²) in [5, 5.41) is 7.14. The number of hydrogen-bond donors (Lipinski definition) is 3. The Morgan fingerprint density at radius 3 is 2.35 bits per heavy atom. The molecule has 0 bridgehead atoms. The van der Waals surface area contributed by atoms with Crippen LogP contribution >= 0.6 is 0 Å². The number of aromatic amines is 1. The minimum atomic E-state index is -0.932. The van der Waals surface area contributed by atoms with Gasteiger partial charge in [0.05, 0.1) is 11.3 Å². The van der Waals surface area contributed by atoms with Gasteiger partial charge in [-0.1, -0.05) is 43.3 Å². The Labute approximate surface area is 281 Å². The van der Waals surface area contributed by atoms with Crippen LogP contribution in [0, 0.1) is 5.82 Å². The summed E-state index contributed by atoms with van der Waals surface area (Å²) >= 11 is 0. The van der Waals surface area contributed by atoms with Gasteiger partial charge in [-0.25, -0.2) is 9.18 Å². The number of carbonyl (C=O) groups is 3. The normalized spacial score (nSPS) is 16.7. The monoisotopic (exact) mass is 652 g/mol. The van der Waals surface area contributed by atoms with Crippen LogP contribution in [-0.2, 0) is 11.3 Å². The number of benzene rings is 3. The van der Waals surface area contributed by atoms with Crippen LogP contribution in [0.2, 0.25) is 0 Å². The van der Waals surface area contributed by atoms with Gasteiger partial charge in [0.25, 0.3) is 5.91 Å². The van der Waals surface area contributed by atoms with Crippen molar-refractivity contribution in [3.8, 4) is 0 Å². The van der Waals surface area contributed by atoms with E-state index in [1.807, 2.05) is 85.5 Å². The van der Waals surface area contributed by atoms with Crippen molar-refractivity contribution in [1.29, 1.82) is 0 Å². The number of aromatic nitrogens is 1. The van der Waals surface area contributed by atoms with E-state index in [4.69, 9.17) is 0 Å². The molecule has 0 spiro atoms. The van der Waals surface area contributed by atoms with Crippen LogP contribution in [0.15, 0.2) is 72.9 Å². The Morgan fingerprint density at radius 2 is 1.65 bits per heavy atom. The van der Waals surface area contributed by atoms with E-state index in [0.717, 1.165) is 53.3 Å². The van der Waals surface area contributed by atoms with Gasteiger partial charge < -0.3 is 30.3 Å². The van der Waals surface area contributed by atoms with Crippen LogP contribution in [0.3, 0.4) is 0 Å². The number of amides is 4. The summed E-state index contributed by atoms with van der Waals surface area (Å²) < 4.78 is 13.5. The number of anilines is 1. The molecule has 2 fully saturated rings. The minimum absolute atomic E-state index is 0.103. The summed E-state index contributed by atoms with van der Waals surface area (Å²) in [6.45, 7) is 5.01. The van der Waals surface area contributed by atoms with Gasteiger partial charge >= 0.3 is 6.03 Å².